The second kappa shape index (κ2) is 8.23. The first-order valence-electron chi connectivity index (χ1n) is 7.39. The van der Waals surface area contributed by atoms with E-state index >= 15 is 0 Å². The monoisotopic (exact) mass is 337 g/mol. The van der Waals surface area contributed by atoms with Gasteiger partial charge >= 0.3 is 12.0 Å². The summed E-state index contributed by atoms with van der Waals surface area (Å²) in [7, 11) is 1.62. The summed E-state index contributed by atoms with van der Waals surface area (Å²) in [5.74, 6) is -0.983. The number of anilines is 1. The van der Waals surface area contributed by atoms with Gasteiger partial charge in [-0.15, -0.1) is 0 Å². The third kappa shape index (κ3) is 7.03. The van der Waals surface area contributed by atoms with E-state index in [1.54, 1.807) is 46.3 Å². The number of nitrogens with zero attached hydrogens (tertiary/aromatic N) is 3. The fourth-order valence-electron chi connectivity index (χ4n) is 1.63. The van der Waals surface area contributed by atoms with Crippen LogP contribution in [0.1, 0.15) is 27.7 Å². The fourth-order valence-corrected chi connectivity index (χ4v) is 1.63. The molecule has 0 radical (unpaired) electrons. The summed E-state index contributed by atoms with van der Waals surface area (Å²) in [6, 6.07) is 1.01. The maximum atomic E-state index is 11.9. The number of carbonyl (C=O) groups excluding carboxylic acids is 3. The average Bonchev–Trinajstić information content (AvgIpc) is 2.45. The molecule has 1 rings (SSSR count). The molecule has 0 aliphatic rings. The van der Waals surface area contributed by atoms with E-state index in [4.69, 9.17) is 4.74 Å². The largest absolute Gasteiger partial charge is 0.451 e. The predicted octanol–water partition coefficient (Wildman–Crippen LogP) is 0.469. The molecule has 0 saturated heterocycles. The number of urea groups is 1. The van der Waals surface area contributed by atoms with Crippen molar-refractivity contribution in [1.29, 1.82) is 0 Å². The van der Waals surface area contributed by atoms with Gasteiger partial charge in [-0.3, -0.25) is 14.9 Å². The van der Waals surface area contributed by atoms with Gasteiger partial charge in [-0.05, 0) is 33.8 Å². The Hall–Kier alpha value is -2.71. The third-order valence-corrected chi connectivity index (χ3v) is 2.66. The van der Waals surface area contributed by atoms with E-state index in [0.717, 1.165) is 0 Å². The lowest BCUT2D eigenvalue weighted by atomic mass is 10.1. The molecule has 0 saturated carbocycles. The molecule has 9 nitrogen and oxygen atoms in total. The molecule has 0 bridgehead atoms. The van der Waals surface area contributed by atoms with Crippen molar-refractivity contribution < 1.29 is 19.1 Å². The molecule has 1 aromatic rings. The third-order valence-electron chi connectivity index (χ3n) is 2.66. The quantitative estimate of drug-likeness (QED) is 0.751. The van der Waals surface area contributed by atoms with Crippen LogP contribution >= 0.6 is 0 Å². The first kappa shape index (κ1) is 19.3. The second-order valence-electron chi connectivity index (χ2n) is 6.23. The molecule has 1 atom stereocenters. The van der Waals surface area contributed by atoms with Crippen LogP contribution in [0.15, 0.2) is 18.5 Å². The summed E-state index contributed by atoms with van der Waals surface area (Å²) >= 11 is 0. The number of imide groups is 1. The smallest absolute Gasteiger partial charge is 0.326 e. The molecule has 24 heavy (non-hydrogen) atoms. The zero-order valence-electron chi connectivity index (χ0n) is 14.5. The van der Waals surface area contributed by atoms with E-state index in [0.29, 0.717) is 5.95 Å². The molecule has 2 N–H and O–H groups in total. The number of esters is 1. The first-order chi connectivity index (χ1) is 11.1. The number of aromatic nitrogens is 2. The lowest BCUT2D eigenvalue weighted by molar-refractivity contribution is -0.153. The minimum atomic E-state index is -1.10. The Labute approximate surface area is 140 Å². The molecule has 1 heterocycles. The van der Waals surface area contributed by atoms with Crippen LogP contribution in [0, 0.1) is 0 Å². The molecular weight excluding hydrogens is 314 g/mol. The number of carbonyl (C=O) groups is 3. The first-order valence-corrected chi connectivity index (χ1v) is 7.39. The van der Waals surface area contributed by atoms with Crippen LogP contribution < -0.4 is 15.5 Å². The maximum absolute atomic E-state index is 11.9. The van der Waals surface area contributed by atoms with Crippen LogP contribution in [0.25, 0.3) is 0 Å². The molecule has 0 aliphatic heterocycles. The Kier molecular flexibility index (Phi) is 6.63. The predicted molar refractivity (Wildman–Crippen MR) is 87.3 cm³/mol. The van der Waals surface area contributed by atoms with Crippen LogP contribution in [0.5, 0.6) is 0 Å². The highest BCUT2D eigenvalue weighted by molar-refractivity contribution is 5.97. The molecule has 0 aromatic carbocycles. The molecule has 3 amide bonds. The minimum Gasteiger partial charge on any atom is -0.451 e. The summed E-state index contributed by atoms with van der Waals surface area (Å²) in [5.41, 5.74) is -0.483. The fraction of sp³-hybridized carbons (Fsp3) is 0.533. The van der Waals surface area contributed by atoms with E-state index in [9.17, 15) is 14.4 Å². The highest BCUT2D eigenvalue weighted by Crippen LogP contribution is 2.03. The van der Waals surface area contributed by atoms with Crippen molar-refractivity contribution in [2.45, 2.75) is 39.3 Å². The highest BCUT2D eigenvalue weighted by Gasteiger charge is 2.22. The van der Waals surface area contributed by atoms with Gasteiger partial charge in [0.15, 0.2) is 6.10 Å². The van der Waals surface area contributed by atoms with E-state index in [-0.39, 0.29) is 6.54 Å². The summed E-state index contributed by atoms with van der Waals surface area (Å²) in [6.07, 6.45) is 2.00. The van der Waals surface area contributed by atoms with Crippen molar-refractivity contribution in [3.8, 4) is 0 Å². The Morgan fingerprint density at radius 3 is 2.38 bits per heavy atom. The molecule has 0 fully saturated rings. The lowest BCUT2D eigenvalue weighted by Gasteiger charge is -2.21. The Morgan fingerprint density at radius 1 is 1.25 bits per heavy atom. The SMILES string of the molecule is CC(OC(=O)CN(C)c1ncccn1)C(=O)NC(=O)NC(C)(C)C. The van der Waals surface area contributed by atoms with Crippen molar-refractivity contribution in [3.05, 3.63) is 18.5 Å². The molecule has 0 spiro atoms. The van der Waals surface area contributed by atoms with Crippen molar-refractivity contribution in [3.63, 3.8) is 0 Å². The summed E-state index contributed by atoms with van der Waals surface area (Å²) in [5, 5.41) is 4.70. The molecule has 1 unspecified atom stereocenters. The number of likely N-dealkylation sites (N-methyl/N-ethyl adjacent to an activating group) is 1. The zero-order chi connectivity index (χ0) is 18.3. The van der Waals surface area contributed by atoms with Crippen molar-refractivity contribution >= 4 is 23.9 Å². The molecule has 9 heteroatoms. The number of hydrogen-bond donors (Lipinski definition) is 2. The Balaban J connectivity index is 2.45. The maximum Gasteiger partial charge on any atom is 0.326 e. The lowest BCUT2D eigenvalue weighted by Crippen LogP contribution is -2.50. The van der Waals surface area contributed by atoms with Crippen molar-refractivity contribution in [2.24, 2.45) is 0 Å². The highest BCUT2D eigenvalue weighted by atomic mass is 16.5. The number of nitrogens with one attached hydrogen (secondary N) is 2. The number of amides is 3. The Bertz CT molecular complexity index is 585. The van der Waals surface area contributed by atoms with Crippen LogP contribution in [-0.4, -0.2) is 53.1 Å². The van der Waals surface area contributed by atoms with Gasteiger partial charge in [0.1, 0.15) is 6.54 Å². The molecule has 132 valence electrons. The molecule has 1 aromatic heterocycles. The van der Waals surface area contributed by atoms with Gasteiger partial charge in [-0.25, -0.2) is 14.8 Å². The van der Waals surface area contributed by atoms with Gasteiger partial charge in [0.05, 0.1) is 0 Å². The van der Waals surface area contributed by atoms with Gasteiger partial charge in [0.2, 0.25) is 5.95 Å². The van der Waals surface area contributed by atoms with Gasteiger partial charge in [0.25, 0.3) is 5.91 Å². The Morgan fingerprint density at radius 2 is 1.83 bits per heavy atom. The number of ether oxygens (including phenoxy) is 1. The van der Waals surface area contributed by atoms with Gasteiger partial charge < -0.3 is 15.0 Å². The van der Waals surface area contributed by atoms with E-state index in [2.05, 4.69) is 20.6 Å². The van der Waals surface area contributed by atoms with Crippen LogP contribution in [0.2, 0.25) is 0 Å². The standard InChI is InChI=1S/C15H23N5O4/c1-10(12(22)18-14(23)19-15(2,3)4)24-11(21)9-20(5)13-16-7-6-8-17-13/h6-8,10H,9H2,1-5H3,(H2,18,19,22,23). The van der Waals surface area contributed by atoms with Crippen LogP contribution in [-0.2, 0) is 14.3 Å². The van der Waals surface area contributed by atoms with E-state index in [1.807, 2.05) is 0 Å². The van der Waals surface area contributed by atoms with Gasteiger partial charge in [-0.2, -0.15) is 0 Å². The topological polar surface area (TPSA) is 114 Å². The zero-order valence-corrected chi connectivity index (χ0v) is 14.5. The van der Waals surface area contributed by atoms with Crippen molar-refractivity contribution in [2.75, 3.05) is 18.5 Å². The summed E-state index contributed by atoms with van der Waals surface area (Å²) in [4.78, 5) is 44.8. The van der Waals surface area contributed by atoms with Crippen molar-refractivity contribution in [1.82, 2.24) is 20.6 Å². The minimum absolute atomic E-state index is 0.129. The van der Waals surface area contributed by atoms with E-state index < -0.39 is 29.6 Å². The van der Waals surface area contributed by atoms with E-state index in [1.165, 1.54) is 11.8 Å². The molecule has 0 aliphatic carbocycles. The molecular formula is C15H23N5O4. The summed E-state index contributed by atoms with van der Waals surface area (Å²) < 4.78 is 5.01. The summed E-state index contributed by atoms with van der Waals surface area (Å²) in [6.45, 7) is 6.60. The average molecular weight is 337 g/mol. The normalized spacial score (nSPS) is 12.0. The van der Waals surface area contributed by atoms with Crippen LogP contribution in [0.3, 0.4) is 0 Å². The van der Waals surface area contributed by atoms with Gasteiger partial charge in [0, 0.05) is 25.0 Å². The number of hydrogen-bond acceptors (Lipinski definition) is 7. The van der Waals surface area contributed by atoms with Gasteiger partial charge in [-0.1, -0.05) is 0 Å². The number of rotatable bonds is 5. The van der Waals surface area contributed by atoms with Crippen LogP contribution in [0.4, 0.5) is 10.7 Å². The second-order valence-corrected chi connectivity index (χ2v) is 6.23.